The van der Waals surface area contributed by atoms with Crippen LogP contribution in [0.5, 0.6) is 0 Å². The fourth-order valence-electron chi connectivity index (χ4n) is 4.70. The first-order chi connectivity index (χ1) is 13.5. The molecule has 0 fully saturated rings. The first-order valence-electron chi connectivity index (χ1n) is 10.4. The van der Waals surface area contributed by atoms with Gasteiger partial charge in [-0.05, 0) is 67.3 Å². The Morgan fingerprint density at radius 2 is 1.86 bits per heavy atom. The van der Waals surface area contributed by atoms with Crippen LogP contribution in [0.25, 0.3) is 10.8 Å². The quantitative estimate of drug-likeness (QED) is 0.447. The predicted octanol–water partition coefficient (Wildman–Crippen LogP) is 7.09. The van der Waals surface area contributed by atoms with Crippen LogP contribution < -0.4 is 4.90 Å². The third-order valence-electron chi connectivity index (χ3n) is 5.98. The molecule has 4 rings (SSSR count). The Balaban J connectivity index is 1.69. The van der Waals surface area contributed by atoms with Gasteiger partial charge in [0, 0.05) is 29.4 Å². The molecular weight excluding hydrogens is 340 g/mol. The summed E-state index contributed by atoms with van der Waals surface area (Å²) in [6.07, 6.45) is 4.37. The molecule has 3 aromatic rings. The largest absolute Gasteiger partial charge is 0.366 e. The molecular formula is C26H30N2. The van der Waals surface area contributed by atoms with Crippen molar-refractivity contribution in [1.29, 1.82) is 0 Å². The maximum atomic E-state index is 4.82. The third-order valence-corrected chi connectivity index (χ3v) is 5.98. The van der Waals surface area contributed by atoms with Crippen molar-refractivity contribution in [2.24, 2.45) is 4.99 Å². The SMILES string of the molecule is CCCN1c2ccc(C=Nc3cccc4ccccc34)cc2C(C)CC1(C)C. The Morgan fingerprint density at radius 3 is 2.68 bits per heavy atom. The van der Waals surface area contributed by atoms with E-state index in [1.165, 1.54) is 40.4 Å². The highest BCUT2D eigenvalue weighted by atomic mass is 15.2. The summed E-state index contributed by atoms with van der Waals surface area (Å²) >= 11 is 0. The number of rotatable bonds is 4. The number of fused-ring (bicyclic) bond motifs is 2. The topological polar surface area (TPSA) is 15.6 Å². The summed E-state index contributed by atoms with van der Waals surface area (Å²) in [5, 5.41) is 2.43. The van der Waals surface area contributed by atoms with Crippen LogP contribution in [-0.4, -0.2) is 18.3 Å². The summed E-state index contributed by atoms with van der Waals surface area (Å²) in [7, 11) is 0. The van der Waals surface area contributed by atoms with E-state index in [9.17, 15) is 0 Å². The van der Waals surface area contributed by atoms with Gasteiger partial charge in [0.15, 0.2) is 0 Å². The van der Waals surface area contributed by atoms with Crippen LogP contribution in [0, 0.1) is 0 Å². The van der Waals surface area contributed by atoms with E-state index >= 15 is 0 Å². The van der Waals surface area contributed by atoms with E-state index < -0.39 is 0 Å². The Morgan fingerprint density at radius 1 is 1.07 bits per heavy atom. The normalized spacial score (nSPS) is 18.6. The van der Waals surface area contributed by atoms with Gasteiger partial charge in [0.2, 0.25) is 0 Å². The molecule has 0 spiro atoms. The maximum absolute atomic E-state index is 4.82. The van der Waals surface area contributed by atoms with Gasteiger partial charge in [-0.3, -0.25) is 4.99 Å². The van der Waals surface area contributed by atoms with Crippen molar-refractivity contribution in [2.75, 3.05) is 11.4 Å². The van der Waals surface area contributed by atoms with Crippen molar-refractivity contribution < 1.29 is 0 Å². The van der Waals surface area contributed by atoms with Crippen molar-refractivity contribution in [1.82, 2.24) is 0 Å². The lowest BCUT2D eigenvalue weighted by atomic mass is 9.79. The molecule has 2 heteroatoms. The van der Waals surface area contributed by atoms with E-state index in [2.05, 4.69) is 93.3 Å². The second-order valence-electron chi connectivity index (χ2n) is 8.64. The van der Waals surface area contributed by atoms with Crippen LogP contribution in [0.3, 0.4) is 0 Å². The Kier molecular flexibility index (Phi) is 4.97. The summed E-state index contributed by atoms with van der Waals surface area (Å²) < 4.78 is 0. The number of anilines is 1. The van der Waals surface area contributed by atoms with E-state index in [0.717, 1.165) is 12.2 Å². The monoisotopic (exact) mass is 370 g/mol. The van der Waals surface area contributed by atoms with Crippen molar-refractivity contribution in [2.45, 2.75) is 52.0 Å². The lowest BCUT2D eigenvalue weighted by Crippen LogP contribution is -2.48. The van der Waals surface area contributed by atoms with E-state index in [1.807, 2.05) is 6.21 Å². The highest BCUT2D eigenvalue weighted by molar-refractivity contribution is 5.95. The molecule has 0 saturated heterocycles. The van der Waals surface area contributed by atoms with Gasteiger partial charge in [0.25, 0.3) is 0 Å². The zero-order chi connectivity index (χ0) is 19.7. The van der Waals surface area contributed by atoms with Crippen LogP contribution in [-0.2, 0) is 0 Å². The van der Waals surface area contributed by atoms with E-state index in [0.29, 0.717) is 5.92 Å². The molecule has 1 unspecified atom stereocenters. The zero-order valence-corrected chi connectivity index (χ0v) is 17.4. The van der Waals surface area contributed by atoms with Crippen LogP contribution >= 0.6 is 0 Å². The number of hydrogen-bond donors (Lipinski definition) is 0. The Bertz CT molecular complexity index is 1010. The van der Waals surface area contributed by atoms with Gasteiger partial charge in [-0.1, -0.05) is 56.3 Å². The molecule has 0 amide bonds. The molecule has 28 heavy (non-hydrogen) atoms. The van der Waals surface area contributed by atoms with Gasteiger partial charge in [0.1, 0.15) is 0 Å². The summed E-state index contributed by atoms with van der Waals surface area (Å²) in [6, 6.07) is 21.6. The first kappa shape index (κ1) is 18.7. The van der Waals surface area contributed by atoms with E-state index in [-0.39, 0.29) is 5.54 Å². The summed E-state index contributed by atoms with van der Waals surface area (Å²) in [4.78, 5) is 7.42. The molecule has 0 radical (unpaired) electrons. The van der Waals surface area contributed by atoms with Crippen LogP contribution in [0.2, 0.25) is 0 Å². The molecule has 1 aliphatic heterocycles. The fourth-order valence-corrected chi connectivity index (χ4v) is 4.70. The first-order valence-corrected chi connectivity index (χ1v) is 10.4. The van der Waals surface area contributed by atoms with Gasteiger partial charge < -0.3 is 4.90 Å². The van der Waals surface area contributed by atoms with Gasteiger partial charge in [0.05, 0.1) is 5.69 Å². The van der Waals surface area contributed by atoms with Gasteiger partial charge in [-0.15, -0.1) is 0 Å². The minimum Gasteiger partial charge on any atom is -0.366 e. The smallest absolute Gasteiger partial charge is 0.0708 e. The summed E-state index contributed by atoms with van der Waals surface area (Å²) in [6.45, 7) is 10.5. The minimum absolute atomic E-state index is 0.209. The Labute approximate surface area is 168 Å². The van der Waals surface area contributed by atoms with Crippen LogP contribution in [0.1, 0.15) is 57.6 Å². The van der Waals surface area contributed by atoms with Crippen LogP contribution in [0.4, 0.5) is 11.4 Å². The lowest BCUT2D eigenvalue weighted by molar-refractivity contribution is 0.376. The molecule has 3 aromatic carbocycles. The molecule has 1 heterocycles. The van der Waals surface area contributed by atoms with E-state index in [4.69, 9.17) is 4.99 Å². The van der Waals surface area contributed by atoms with Crippen molar-refractivity contribution >= 4 is 28.4 Å². The van der Waals surface area contributed by atoms with Gasteiger partial charge in [-0.25, -0.2) is 0 Å². The van der Waals surface area contributed by atoms with Gasteiger partial charge >= 0.3 is 0 Å². The summed E-state index contributed by atoms with van der Waals surface area (Å²) in [5.74, 6) is 0.559. The maximum Gasteiger partial charge on any atom is 0.0708 e. The molecule has 0 bridgehead atoms. The molecule has 2 nitrogen and oxygen atoms in total. The number of aliphatic imine (C=N–C) groups is 1. The van der Waals surface area contributed by atoms with Crippen molar-refractivity contribution in [3.8, 4) is 0 Å². The lowest BCUT2D eigenvalue weighted by Gasteiger charge is -2.47. The summed E-state index contributed by atoms with van der Waals surface area (Å²) in [5.41, 5.74) is 5.26. The second kappa shape index (κ2) is 7.43. The van der Waals surface area contributed by atoms with Crippen LogP contribution in [0.15, 0.2) is 65.7 Å². The van der Waals surface area contributed by atoms with E-state index in [1.54, 1.807) is 0 Å². The molecule has 1 atom stereocenters. The average molecular weight is 371 g/mol. The highest BCUT2D eigenvalue weighted by Gasteiger charge is 2.35. The fraction of sp³-hybridized carbons (Fsp3) is 0.346. The average Bonchev–Trinajstić information content (AvgIpc) is 2.69. The van der Waals surface area contributed by atoms with Crippen molar-refractivity contribution in [3.63, 3.8) is 0 Å². The molecule has 144 valence electrons. The second-order valence-corrected chi connectivity index (χ2v) is 8.64. The standard InChI is InChI=1S/C26H30N2/c1-5-15-28-25-14-13-20(16-23(25)19(2)17-26(28,3)4)18-27-24-12-8-10-21-9-6-7-11-22(21)24/h6-14,16,18-19H,5,15,17H2,1-4H3. The minimum atomic E-state index is 0.209. The molecule has 0 aromatic heterocycles. The van der Waals surface area contributed by atoms with Crippen molar-refractivity contribution in [3.05, 3.63) is 71.8 Å². The highest BCUT2D eigenvalue weighted by Crippen LogP contribution is 2.43. The number of nitrogens with zero attached hydrogens (tertiary/aromatic N) is 2. The number of hydrogen-bond acceptors (Lipinski definition) is 2. The molecule has 1 aliphatic rings. The predicted molar refractivity (Wildman–Crippen MR) is 122 cm³/mol. The molecule has 0 N–H and O–H groups in total. The third kappa shape index (κ3) is 3.44. The number of benzene rings is 3. The Hall–Kier alpha value is -2.61. The zero-order valence-electron chi connectivity index (χ0n) is 17.4. The van der Waals surface area contributed by atoms with Gasteiger partial charge in [-0.2, -0.15) is 0 Å². The molecule has 0 aliphatic carbocycles. The molecule has 0 saturated carbocycles.